The minimum atomic E-state index is -3.71. The van der Waals surface area contributed by atoms with Gasteiger partial charge in [-0.05, 0) is 37.3 Å². The molecule has 0 radical (unpaired) electrons. The second-order valence-electron chi connectivity index (χ2n) is 5.93. The average Bonchev–Trinajstić information content (AvgIpc) is 3.22. The number of benzene rings is 2. The van der Waals surface area contributed by atoms with Gasteiger partial charge in [0.2, 0.25) is 0 Å². The fraction of sp³-hybridized carbons (Fsp3) is 0.222. The van der Waals surface area contributed by atoms with Crippen LogP contribution < -0.4 is 0 Å². The molecule has 1 fully saturated rings. The standard InChI is InChI=1S/C18H16BrNO4S/c1-12-2-5-14(6-3-12)25(21,22)20-11-16(18-23-8-9-24-18)15-10-13(19)4-7-17(15)20/h2-7,10-11,18H,8-9H2,1H3. The number of ether oxygens (including phenoxy) is 2. The maximum absolute atomic E-state index is 13.1. The fourth-order valence-electron chi connectivity index (χ4n) is 2.95. The van der Waals surface area contributed by atoms with E-state index in [4.69, 9.17) is 9.47 Å². The van der Waals surface area contributed by atoms with Crippen molar-refractivity contribution in [3.05, 3.63) is 64.3 Å². The Balaban J connectivity index is 1.94. The Bertz CT molecular complexity index is 1030. The van der Waals surface area contributed by atoms with E-state index in [9.17, 15) is 8.42 Å². The van der Waals surface area contributed by atoms with Gasteiger partial charge < -0.3 is 9.47 Å². The van der Waals surface area contributed by atoms with E-state index in [1.807, 2.05) is 19.1 Å². The Labute approximate surface area is 154 Å². The van der Waals surface area contributed by atoms with Gasteiger partial charge in [0.1, 0.15) is 0 Å². The highest BCUT2D eigenvalue weighted by molar-refractivity contribution is 9.10. The lowest BCUT2D eigenvalue weighted by Crippen LogP contribution is -2.12. The van der Waals surface area contributed by atoms with Crippen LogP contribution in [0.3, 0.4) is 0 Å². The van der Waals surface area contributed by atoms with Crippen molar-refractivity contribution in [3.63, 3.8) is 0 Å². The first-order valence-electron chi connectivity index (χ1n) is 7.83. The summed E-state index contributed by atoms with van der Waals surface area (Å²) in [5, 5.41) is 0.789. The third kappa shape index (κ3) is 2.91. The van der Waals surface area contributed by atoms with Crippen LogP contribution in [0.1, 0.15) is 17.4 Å². The zero-order chi connectivity index (χ0) is 17.6. The van der Waals surface area contributed by atoms with E-state index in [0.29, 0.717) is 24.3 Å². The first-order chi connectivity index (χ1) is 12.0. The van der Waals surface area contributed by atoms with E-state index < -0.39 is 16.3 Å². The minimum Gasteiger partial charge on any atom is -0.346 e. The number of rotatable bonds is 3. The van der Waals surface area contributed by atoms with Crippen molar-refractivity contribution in [2.24, 2.45) is 0 Å². The summed E-state index contributed by atoms with van der Waals surface area (Å²) in [6.07, 6.45) is 1.05. The fourth-order valence-corrected chi connectivity index (χ4v) is 4.68. The van der Waals surface area contributed by atoms with Gasteiger partial charge in [-0.1, -0.05) is 33.6 Å². The van der Waals surface area contributed by atoms with Crippen molar-refractivity contribution in [3.8, 4) is 0 Å². The number of nitrogens with zero attached hydrogens (tertiary/aromatic N) is 1. The Morgan fingerprint density at radius 1 is 1.08 bits per heavy atom. The average molecular weight is 422 g/mol. The van der Waals surface area contributed by atoms with Crippen molar-refractivity contribution in [1.82, 2.24) is 3.97 Å². The van der Waals surface area contributed by atoms with Crippen LogP contribution in [0.5, 0.6) is 0 Å². The number of fused-ring (bicyclic) bond motifs is 1. The SMILES string of the molecule is Cc1ccc(S(=O)(=O)n2cc(C3OCCO3)c3cc(Br)ccc32)cc1. The highest BCUT2D eigenvalue weighted by Crippen LogP contribution is 2.35. The monoisotopic (exact) mass is 421 g/mol. The molecule has 25 heavy (non-hydrogen) atoms. The van der Waals surface area contributed by atoms with Gasteiger partial charge in [-0.25, -0.2) is 12.4 Å². The molecule has 0 aliphatic carbocycles. The molecule has 0 atom stereocenters. The summed E-state index contributed by atoms with van der Waals surface area (Å²) in [5.41, 5.74) is 2.32. The molecule has 2 heterocycles. The van der Waals surface area contributed by atoms with Crippen LogP contribution in [0.4, 0.5) is 0 Å². The topological polar surface area (TPSA) is 57.5 Å². The van der Waals surface area contributed by atoms with Crippen molar-refractivity contribution >= 4 is 36.9 Å². The molecular formula is C18H16BrNO4S. The van der Waals surface area contributed by atoms with Gasteiger partial charge in [-0.2, -0.15) is 0 Å². The lowest BCUT2D eigenvalue weighted by Gasteiger charge is -2.08. The first-order valence-corrected chi connectivity index (χ1v) is 10.1. The molecule has 0 bridgehead atoms. The van der Waals surface area contributed by atoms with Gasteiger partial charge >= 0.3 is 0 Å². The second kappa shape index (κ2) is 6.25. The van der Waals surface area contributed by atoms with Crippen molar-refractivity contribution in [1.29, 1.82) is 0 Å². The third-order valence-electron chi connectivity index (χ3n) is 4.22. The van der Waals surface area contributed by atoms with Gasteiger partial charge in [0.05, 0.1) is 23.6 Å². The second-order valence-corrected chi connectivity index (χ2v) is 8.66. The number of aryl methyl sites for hydroxylation is 1. The molecule has 1 aromatic heterocycles. The van der Waals surface area contributed by atoms with E-state index in [1.165, 1.54) is 3.97 Å². The van der Waals surface area contributed by atoms with Crippen LogP contribution in [0.25, 0.3) is 10.9 Å². The van der Waals surface area contributed by atoms with Crippen LogP contribution in [0.2, 0.25) is 0 Å². The molecule has 1 aliphatic heterocycles. The van der Waals surface area contributed by atoms with Crippen LogP contribution in [0.15, 0.2) is 58.0 Å². The molecule has 7 heteroatoms. The molecule has 1 saturated heterocycles. The predicted octanol–water partition coefficient (Wildman–Crippen LogP) is 3.99. The lowest BCUT2D eigenvalue weighted by molar-refractivity contribution is -0.0430. The molecular weight excluding hydrogens is 406 g/mol. The lowest BCUT2D eigenvalue weighted by atomic mass is 10.2. The molecule has 4 rings (SSSR count). The summed E-state index contributed by atoms with van der Waals surface area (Å²) < 4.78 is 39.6. The normalized spacial score (nSPS) is 15.9. The molecule has 5 nitrogen and oxygen atoms in total. The Morgan fingerprint density at radius 2 is 1.76 bits per heavy atom. The Kier molecular flexibility index (Phi) is 4.19. The molecule has 1 aliphatic rings. The van der Waals surface area contributed by atoms with Crippen LogP contribution in [0, 0.1) is 6.92 Å². The van der Waals surface area contributed by atoms with Crippen LogP contribution in [-0.2, 0) is 19.5 Å². The zero-order valence-corrected chi connectivity index (χ0v) is 15.9. The molecule has 0 unspecified atom stereocenters. The van der Waals surface area contributed by atoms with Gasteiger partial charge in [0.15, 0.2) is 6.29 Å². The van der Waals surface area contributed by atoms with E-state index in [0.717, 1.165) is 15.4 Å². The highest BCUT2D eigenvalue weighted by Gasteiger charge is 2.27. The Morgan fingerprint density at radius 3 is 2.44 bits per heavy atom. The largest absolute Gasteiger partial charge is 0.346 e. The molecule has 0 N–H and O–H groups in total. The quantitative estimate of drug-likeness (QED) is 0.641. The number of hydrogen-bond donors (Lipinski definition) is 0. The maximum Gasteiger partial charge on any atom is 0.268 e. The van der Waals surface area contributed by atoms with Gasteiger partial charge in [0.25, 0.3) is 10.0 Å². The summed E-state index contributed by atoms with van der Waals surface area (Å²) in [5.74, 6) is 0. The number of halogens is 1. The van der Waals surface area contributed by atoms with E-state index in [-0.39, 0.29) is 4.90 Å². The minimum absolute atomic E-state index is 0.248. The van der Waals surface area contributed by atoms with Gasteiger partial charge in [0, 0.05) is 21.6 Å². The van der Waals surface area contributed by atoms with Gasteiger partial charge in [-0.3, -0.25) is 0 Å². The smallest absolute Gasteiger partial charge is 0.268 e. The third-order valence-corrected chi connectivity index (χ3v) is 6.40. The molecule has 130 valence electrons. The Hall–Kier alpha value is -1.67. The maximum atomic E-state index is 13.1. The zero-order valence-electron chi connectivity index (χ0n) is 13.5. The number of aromatic nitrogens is 1. The van der Waals surface area contributed by atoms with Crippen molar-refractivity contribution < 1.29 is 17.9 Å². The van der Waals surface area contributed by atoms with E-state index in [2.05, 4.69) is 15.9 Å². The molecule has 0 spiro atoms. The molecule has 0 saturated carbocycles. The molecule has 3 aromatic rings. The predicted molar refractivity (Wildman–Crippen MR) is 98.0 cm³/mol. The first kappa shape index (κ1) is 16.8. The summed E-state index contributed by atoms with van der Waals surface area (Å²) in [7, 11) is -3.71. The van der Waals surface area contributed by atoms with E-state index in [1.54, 1.807) is 36.5 Å². The highest BCUT2D eigenvalue weighted by atomic mass is 79.9. The summed E-state index contributed by atoms with van der Waals surface area (Å²) in [6, 6.07) is 12.3. The van der Waals surface area contributed by atoms with Crippen LogP contribution >= 0.6 is 15.9 Å². The van der Waals surface area contributed by atoms with E-state index >= 15 is 0 Å². The van der Waals surface area contributed by atoms with Crippen LogP contribution in [-0.4, -0.2) is 25.6 Å². The summed E-state index contributed by atoms with van der Waals surface area (Å²) in [4.78, 5) is 0.248. The summed E-state index contributed by atoms with van der Waals surface area (Å²) in [6.45, 7) is 2.91. The molecule has 0 amide bonds. The van der Waals surface area contributed by atoms with Crippen molar-refractivity contribution in [2.75, 3.05) is 13.2 Å². The van der Waals surface area contributed by atoms with Crippen molar-refractivity contribution in [2.45, 2.75) is 18.1 Å². The molecule has 2 aromatic carbocycles. The number of hydrogen-bond acceptors (Lipinski definition) is 4. The van der Waals surface area contributed by atoms with Gasteiger partial charge in [-0.15, -0.1) is 0 Å². The summed E-state index contributed by atoms with van der Waals surface area (Å²) >= 11 is 3.45.